The van der Waals surface area contributed by atoms with Gasteiger partial charge in [-0.1, -0.05) is 12.1 Å². The summed E-state index contributed by atoms with van der Waals surface area (Å²) in [6.07, 6.45) is 5.86. The number of rotatable bonds is 4. The molecule has 0 saturated carbocycles. The summed E-state index contributed by atoms with van der Waals surface area (Å²) >= 11 is 0. The lowest BCUT2D eigenvalue weighted by atomic mass is 10.1. The Kier molecular flexibility index (Phi) is 4.62. The highest BCUT2D eigenvalue weighted by Gasteiger charge is 2.21. The molecule has 1 saturated heterocycles. The van der Waals surface area contributed by atoms with E-state index >= 15 is 0 Å². The molecule has 1 aliphatic rings. The molecule has 1 fully saturated rings. The van der Waals surface area contributed by atoms with E-state index in [1.54, 1.807) is 12.4 Å². The van der Waals surface area contributed by atoms with Crippen molar-refractivity contribution in [2.24, 2.45) is 0 Å². The number of aromatic nitrogens is 2. The first-order chi connectivity index (χ1) is 10.8. The molecule has 2 aromatic rings. The summed E-state index contributed by atoms with van der Waals surface area (Å²) in [5.41, 5.74) is 1.86. The van der Waals surface area contributed by atoms with Crippen LogP contribution < -0.4 is 10.2 Å². The SMILES string of the molecule is N#Cc1cccc(CN[C@H]2CCCN(c3ncccn3)C2)c1. The van der Waals surface area contributed by atoms with E-state index in [1.807, 2.05) is 24.3 Å². The third-order valence-electron chi connectivity index (χ3n) is 3.91. The smallest absolute Gasteiger partial charge is 0.225 e. The van der Waals surface area contributed by atoms with Crippen LogP contribution in [-0.4, -0.2) is 29.1 Å². The quantitative estimate of drug-likeness (QED) is 0.935. The second-order valence-corrected chi connectivity index (χ2v) is 5.53. The van der Waals surface area contributed by atoms with Crippen LogP contribution in [0.15, 0.2) is 42.7 Å². The Morgan fingerprint density at radius 3 is 2.95 bits per heavy atom. The summed E-state index contributed by atoms with van der Waals surface area (Å²) in [6, 6.07) is 12.2. The average molecular weight is 293 g/mol. The van der Waals surface area contributed by atoms with E-state index in [0.29, 0.717) is 11.6 Å². The number of anilines is 1. The minimum Gasteiger partial charge on any atom is -0.339 e. The molecule has 0 amide bonds. The van der Waals surface area contributed by atoms with E-state index in [-0.39, 0.29) is 0 Å². The van der Waals surface area contributed by atoms with Crippen molar-refractivity contribution >= 4 is 5.95 Å². The van der Waals surface area contributed by atoms with Gasteiger partial charge in [0, 0.05) is 38.1 Å². The van der Waals surface area contributed by atoms with Crippen molar-refractivity contribution in [1.82, 2.24) is 15.3 Å². The predicted octanol–water partition coefficient (Wildman–Crippen LogP) is 2.11. The number of nitriles is 1. The van der Waals surface area contributed by atoms with E-state index in [0.717, 1.165) is 44.0 Å². The first-order valence-corrected chi connectivity index (χ1v) is 7.59. The van der Waals surface area contributed by atoms with E-state index in [1.165, 1.54) is 0 Å². The molecule has 3 rings (SSSR count). The highest BCUT2D eigenvalue weighted by atomic mass is 15.3. The van der Waals surface area contributed by atoms with Gasteiger partial charge in [-0.3, -0.25) is 0 Å². The number of nitrogens with one attached hydrogen (secondary N) is 1. The molecule has 0 aliphatic carbocycles. The third-order valence-corrected chi connectivity index (χ3v) is 3.91. The average Bonchev–Trinajstić information content (AvgIpc) is 2.61. The lowest BCUT2D eigenvalue weighted by Crippen LogP contribution is -2.46. The summed E-state index contributed by atoms with van der Waals surface area (Å²) < 4.78 is 0. The van der Waals surface area contributed by atoms with Crippen molar-refractivity contribution in [2.75, 3.05) is 18.0 Å². The Morgan fingerprint density at radius 1 is 1.27 bits per heavy atom. The number of nitrogens with zero attached hydrogens (tertiary/aromatic N) is 4. The van der Waals surface area contributed by atoms with Crippen molar-refractivity contribution in [3.05, 3.63) is 53.9 Å². The fraction of sp³-hybridized carbons (Fsp3) is 0.353. The van der Waals surface area contributed by atoms with Gasteiger partial charge in [0.05, 0.1) is 11.6 Å². The van der Waals surface area contributed by atoms with Crippen LogP contribution in [0.3, 0.4) is 0 Å². The summed E-state index contributed by atoms with van der Waals surface area (Å²) in [5, 5.41) is 12.5. The highest BCUT2D eigenvalue weighted by molar-refractivity contribution is 5.33. The summed E-state index contributed by atoms with van der Waals surface area (Å²) in [7, 11) is 0. The molecule has 2 heterocycles. The molecular weight excluding hydrogens is 274 g/mol. The summed E-state index contributed by atoms with van der Waals surface area (Å²) in [4.78, 5) is 10.9. The maximum Gasteiger partial charge on any atom is 0.225 e. The van der Waals surface area contributed by atoms with E-state index < -0.39 is 0 Å². The Bertz CT molecular complexity index is 650. The van der Waals surface area contributed by atoms with Crippen LogP contribution in [0.4, 0.5) is 5.95 Å². The molecule has 0 radical (unpaired) electrons. The highest BCUT2D eigenvalue weighted by Crippen LogP contribution is 2.15. The van der Waals surface area contributed by atoms with Crippen LogP contribution in [0.25, 0.3) is 0 Å². The van der Waals surface area contributed by atoms with E-state index in [2.05, 4.69) is 32.3 Å². The Hall–Kier alpha value is -2.45. The van der Waals surface area contributed by atoms with Crippen molar-refractivity contribution < 1.29 is 0 Å². The molecule has 1 atom stereocenters. The van der Waals surface area contributed by atoms with E-state index in [9.17, 15) is 0 Å². The predicted molar refractivity (Wildman–Crippen MR) is 85.3 cm³/mol. The van der Waals surface area contributed by atoms with Gasteiger partial charge in [0.1, 0.15) is 0 Å². The molecule has 0 bridgehead atoms. The van der Waals surface area contributed by atoms with Gasteiger partial charge in [0.2, 0.25) is 5.95 Å². The monoisotopic (exact) mass is 293 g/mol. The molecule has 5 nitrogen and oxygen atoms in total. The van der Waals surface area contributed by atoms with Crippen molar-refractivity contribution in [3.8, 4) is 6.07 Å². The fourth-order valence-electron chi connectivity index (χ4n) is 2.79. The van der Waals surface area contributed by atoms with Gasteiger partial charge < -0.3 is 10.2 Å². The molecular formula is C17H19N5. The Balaban J connectivity index is 1.58. The molecule has 22 heavy (non-hydrogen) atoms. The van der Waals surface area contributed by atoms with Crippen LogP contribution in [0, 0.1) is 11.3 Å². The van der Waals surface area contributed by atoms with Crippen molar-refractivity contribution in [1.29, 1.82) is 5.26 Å². The first kappa shape index (κ1) is 14.5. The van der Waals surface area contributed by atoms with Gasteiger partial charge in [-0.05, 0) is 36.6 Å². The van der Waals surface area contributed by atoms with Crippen LogP contribution in [-0.2, 0) is 6.54 Å². The van der Waals surface area contributed by atoms with Crippen LogP contribution >= 0.6 is 0 Å². The maximum absolute atomic E-state index is 8.95. The Labute approximate surface area is 130 Å². The third kappa shape index (κ3) is 3.60. The first-order valence-electron chi connectivity index (χ1n) is 7.59. The van der Waals surface area contributed by atoms with E-state index in [4.69, 9.17) is 5.26 Å². The van der Waals surface area contributed by atoms with Gasteiger partial charge in [-0.25, -0.2) is 9.97 Å². The molecule has 0 unspecified atom stereocenters. The topological polar surface area (TPSA) is 64.8 Å². The fourth-order valence-corrected chi connectivity index (χ4v) is 2.79. The number of hydrogen-bond donors (Lipinski definition) is 1. The van der Waals surface area contributed by atoms with Gasteiger partial charge in [0.15, 0.2) is 0 Å². The maximum atomic E-state index is 8.95. The molecule has 1 N–H and O–H groups in total. The summed E-state index contributed by atoms with van der Waals surface area (Å²) in [6.45, 7) is 2.71. The normalized spacial score (nSPS) is 18.0. The number of benzene rings is 1. The molecule has 112 valence electrons. The largest absolute Gasteiger partial charge is 0.339 e. The minimum absolute atomic E-state index is 0.420. The second-order valence-electron chi connectivity index (χ2n) is 5.53. The second kappa shape index (κ2) is 7.01. The van der Waals surface area contributed by atoms with Crippen LogP contribution in [0.5, 0.6) is 0 Å². The minimum atomic E-state index is 0.420. The number of hydrogen-bond acceptors (Lipinski definition) is 5. The zero-order valence-electron chi connectivity index (χ0n) is 12.4. The molecule has 0 spiro atoms. The lowest BCUT2D eigenvalue weighted by Gasteiger charge is -2.33. The van der Waals surface area contributed by atoms with Crippen LogP contribution in [0.1, 0.15) is 24.0 Å². The van der Waals surface area contributed by atoms with Gasteiger partial charge in [-0.2, -0.15) is 5.26 Å². The Morgan fingerprint density at radius 2 is 2.14 bits per heavy atom. The van der Waals surface area contributed by atoms with Crippen molar-refractivity contribution in [2.45, 2.75) is 25.4 Å². The van der Waals surface area contributed by atoms with Crippen LogP contribution in [0.2, 0.25) is 0 Å². The van der Waals surface area contributed by atoms with Gasteiger partial charge >= 0.3 is 0 Å². The lowest BCUT2D eigenvalue weighted by molar-refractivity contribution is 0.418. The number of piperidine rings is 1. The van der Waals surface area contributed by atoms with Gasteiger partial charge in [0.25, 0.3) is 0 Å². The molecule has 1 aromatic heterocycles. The zero-order valence-corrected chi connectivity index (χ0v) is 12.4. The standard InChI is InChI=1S/C17H19N5/c18-11-14-4-1-5-15(10-14)12-21-16-6-2-9-22(13-16)17-19-7-3-8-20-17/h1,3-5,7-8,10,16,21H,2,6,9,12-13H2/t16-/m0/s1. The summed E-state index contributed by atoms with van der Waals surface area (Å²) in [5.74, 6) is 0.806. The molecule has 1 aromatic carbocycles. The van der Waals surface area contributed by atoms with Crippen molar-refractivity contribution in [3.63, 3.8) is 0 Å². The molecule has 5 heteroatoms. The molecule has 1 aliphatic heterocycles. The zero-order chi connectivity index (χ0) is 15.2. The van der Waals surface area contributed by atoms with Gasteiger partial charge in [-0.15, -0.1) is 0 Å².